The highest BCUT2D eigenvalue weighted by atomic mass is 19.4. The van der Waals surface area contributed by atoms with Crippen LogP contribution in [0.25, 0.3) is 11.4 Å². The molecule has 0 saturated heterocycles. The molecule has 2 bridgehead atoms. The van der Waals surface area contributed by atoms with Gasteiger partial charge in [-0.05, 0) is 74.6 Å². The Bertz CT molecular complexity index is 1410. The Hall–Kier alpha value is -3.57. The van der Waals surface area contributed by atoms with Crippen molar-refractivity contribution in [3.05, 3.63) is 71.0 Å². The van der Waals surface area contributed by atoms with Crippen LogP contribution in [0.4, 0.5) is 31.1 Å². The van der Waals surface area contributed by atoms with E-state index in [2.05, 4.69) is 20.8 Å². The van der Waals surface area contributed by atoms with Gasteiger partial charge in [-0.3, -0.25) is 0 Å². The number of halogens is 6. The Morgan fingerprint density at radius 3 is 2.22 bits per heavy atom. The summed E-state index contributed by atoms with van der Waals surface area (Å²) in [5.41, 5.74) is -1.59. The minimum Gasteiger partial charge on any atom is -0.338 e. The predicted octanol–water partition coefficient (Wildman–Crippen LogP) is 7.17. The molecule has 2 N–H and O–H groups in total. The lowest BCUT2D eigenvalue weighted by atomic mass is 9.53. The highest BCUT2D eigenvalue weighted by Gasteiger charge is 2.51. The van der Waals surface area contributed by atoms with Crippen molar-refractivity contribution in [3.8, 4) is 11.4 Å². The van der Waals surface area contributed by atoms with Gasteiger partial charge in [-0.1, -0.05) is 30.3 Å². The molecule has 220 valence electrons. The topological polar surface area (TPSA) is 71.8 Å². The number of rotatable bonds is 6. The van der Waals surface area contributed by atoms with Crippen LogP contribution >= 0.6 is 0 Å². The number of carbonyl (C=O) groups excluding carboxylic acids is 1. The van der Waals surface area contributed by atoms with E-state index in [1.807, 2.05) is 0 Å². The first-order valence-corrected chi connectivity index (χ1v) is 13.5. The summed E-state index contributed by atoms with van der Waals surface area (Å²) in [6, 6.07) is 9.17. The molecule has 0 radical (unpaired) electrons. The molecule has 6 nitrogen and oxygen atoms in total. The molecule has 0 spiro atoms. The van der Waals surface area contributed by atoms with Gasteiger partial charge < -0.3 is 15.2 Å². The average Bonchev–Trinajstić information content (AvgIpc) is 3.34. The van der Waals surface area contributed by atoms with Crippen molar-refractivity contribution in [1.29, 1.82) is 0 Å². The molecule has 1 unspecified atom stereocenters. The molecule has 3 fully saturated rings. The van der Waals surface area contributed by atoms with E-state index in [0.717, 1.165) is 56.7 Å². The molecule has 2 amide bonds. The van der Waals surface area contributed by atoms with E-state index < -0.39 is 35.6 Å². The molecular formula is C29H31F6N5O. The maximum atomic E-state index is 13.6. The molecular weight excluding hydrogens is 548 g/mol. The minimum absolute atomic E-state index is 0.00631. The van der Waals surface area contributed by atoms with E-state index in [4.69, 9.17) is 0 Å². The van der Waals surface area contributed by atoms with Gasteiger partial charge in [0.2, 0.25) is 0 Å². The van der Waals surface area contributed by atoms with E-state index in [0.29, 0.717) is 17.9 Å². The number of hydrogen-bond donors (Lipinski definition) is 2. The third-order valence-electron chi connectivity index (χ3n) is 8.91. The van der Waals surface area contributed by atoms with Gasteiger partial charge in [-0.15, -0.1) is 10.2 Å². The summed E-state index contributed by atoms with van der Waals surface area (Å²) >= 11 is 0. The van der Waals surface area contributed by atoms with Gasteiger partial charge in [0.25, 0.3) is 0 Å². The lowest BCUT2D eigenvalue weighted by Gasteiger charge is -2.52. The highest BCUT2D eigenvalue weighted by Crippen LogP contribution is 2.57. The second-order valence-corrected chi connectivity index (χ2v) is 11.4. The SMILES string of the molecule is CC(NC(=O)NCC12CCC(c3nnc(-c4ccccc4C(F)(F)F)n3C)(CC1)CC2)c1cccc(C(F)(F)F)c1. The van der Waals surface area contributed by atoms with Crippen LogP contribution in [0.2, 0.25) is 0 Å². The van der Waals surface area contributed by atoms with Crippen LogP contribution in [0.5, 0.6) is 0 Å². The van der Waals surface area contributed by atoms with Gasteiger partial charge >= 0.3 is 18.4 Å². The van der Waals surface area contributed by atoms with Crippen LogP contribution in [-0.4, -0.2) is 27.3 Å². The zero-order valence-electron chi connectivity index (χ0n) is 22.7. The van der Waals surface area contributed by atoms with Crippen LogP contribution in [0.3, 0.4) is 0 Å². The van der Waals surface area contributed by atoms with Crippen LogP contribution in [0.1, 0.15) is 74.0 Å². The van der Waals surface area contributed by atoms with Gasteiger partial charge in [0.05, 0.1) is 17.2 Å². The lowest BCUT2D eigenvalue weighted by molar-refractivity contribution is -0.138. The van der Waals surface area contributed by atoms with Crippen LogP contribution in [0.15, 0.2) is 48.5 Å². The number of urea groups is 1. The van der Waals surface area contributed by atoms with Crippen molar-refractivity contribution in [2.75, 3.05) is 6.54 Å². The molecule has 1 atom stereocenters. The summed E-state index contributed by atoms with van der Waals surface area (Å²) in [6.07, 6.45) is -4.26. The molecule has 3 aliphatic carbocycles. The molecule has 1 heterocycles. The standard InChI is InChI=1S/C29H31F6N5O/c1-18(19-6-5-7-20(16-19)28(30,31)32)37-25(41)36-17-26-10-13-27(14-11-26,15-12-26)24-39-38-23(40(24)2)21-8-3-4-9-22(21)29(33,34)35/h3-9,16,18H,10-15,17H2,1-2H3,(H2,36,37,41). The quantitative estimate of drug-likeness (QED) is 0.304. The first-order valence-electron chi connectivity index (χ1n) is 13.5. The Kier molecular flexibility index (Phi) is 7.31. The maximum Gasteiger partial charge on any atom is 0.417 e. The second-order valence-electron chi connectivity index (χ2n) is 11.4. The number of nitrogens with one attached hydrogen (secondary N) is 2. The molecule has 3 aromatic rings. The molecule has 3 saturated carbocycles. The van der Waals surface area contributed by atoms with Gasteiger partial charge in [-0.2, -0.15) is 26.3 Å². The number of nitrogens with zero attached hydrogens (tertiary/aromatic N) is 3. The fourth-order valence-corrected chi connectivity index (χ4v) is 6.40. The number of carbonyl (C=O) groups is 1. The average molecular weight is 580 g/mol. The number of hydrogen-bond acceptors (Lipinski definition) is 3. The van der Waals surface area contributed by atoms with E-state index in [9.17, 15) is 31.1 Å². The second kappa shape index (κ2) is 10.4. The Morgan fingerprint density at radius 1 is 0.927 bits per heavy atom. The van der Waals surface area contributed by atoms with E-state index in [1.54, 1.807) is 30.7 Å². The maximum absolute atomic E-state index is 13.6. The van der Waals surface area contributed by atoms with Crippen LogP contribution in [0, 0.1) is 5.41 Å². The zero-order chi connectivity index (χ0) is 29.6. The number of alkyl halides is 6. The predicted molar refractivity (Wildman–Crippen MR) is 140 cm³/mol. The smallest absolute Gasteiger partial charge is 0.338 e. The molecule has 3 aliphatic rings. The number of amides is 2. The summed E-state index contributed by atoms with van der Waals surface area (Å²) in [5, 5.41) is 14.2. The fourth-order valence-electron chi connectivity index (χ4n) is 6.40. The van der Waals surface area contributed by atoms with Crippen molar-refractivity contribution < 1.29 is 31.1 Å². The first kappa shape index (κ1) is 28.9. The van der Waals surface area contributed by atoms with E-state index in [1.165, 1.54) is 18.2 Å². The van der Waals surface area contributed by atoms with Gasteiger partial charge in [0.15, 0.2) is 5.82 Å². The van der Waals surface area contributed by atoms with Crippen molar-refractivity contribution >= 4 is 6.03 Å². The molecule has 41 heavy (non-hydrogen) atoms. The van der Waals surface area contributed by atoms with Crippen LogP contribution < -0.4 is 10.6 Å². The first-order chi connectivity index (χ1) is 19.2. The zero-order valence-corrected chi connectivity index (χ0v) is 22.7. The molecule has 2 aromatic carbocycles. The third kappa shape index (κ3) is 5.65. The van der Waals surface area contributed by atoms with E-state index >= 15 is 0 Å². The van der Waals surface area contributed by atoms with Crippen molar-refractivity contribution in [3.63, 3.8) is 0 Å². The fraction of sp³-hybridized carbons (Fsp3) is 0.483. The van der Waals surface area contributed by atoms with Crippen molar-refractivity contribution in [2.24, 2.45) is 12.5 Å². The highest BCUT2D eigenvalue weighted by molar-refractivity contribution is 5.74. The van der Waals surface area contributed by atoms with Crippen molar-refractivity contribution in [2.45, 2.75) is 69.3 Å². The summed E-state index contributed by atoms with van der Waals surface area (Å²) in [7, 11) is 1.71. The summed E-state index contributed by atoms with van der Waals surface area (Å²) in [5.74, 6) is 0.858. The van der Waals surface area contributed by atoms with E-state index in [-0.39, 0.29) is 22.2 Å². The number of aromatic nitrogens is 3. The Labute approximate surface area is 233 Å². The van der Waals surface area contributed by atoms with Gasteiger partial charge in [0.1, 0.15) is 5.82 Å². The van der Waals surface area contributed by atoms with Gasteiger partial charge in [0, 0.05) is 24.6 Å². The van der Waals surface area contributed by atoms with Gasteiger partial charge in [-0.25, -0.2) is 4.79 Å². The molecule has 6 rings (SSSR count). The minimum atomic E-state index is -4.51. The number of fused-ring (bicyclic) bond motifs is 3. The number of benzene rings is 2. The Morgan fingerprint density at radius 2 is 1.59 bits per heavy atom. The molecule has 0 aliphatic heterocycles. The van der Waals surface area contributed by atoms with Crippen molar-refractivity contribution in [1.82, 2.24) is 25.4 Å². The normalized spacial score (nSPS) is 23.3. The molecule has 1 aromatic heterocycles. The third-order valence-corrected chi connectivity index (χ3v) is 8.91. The lowest BCUT2D eigenvalue weighted by Crippen LogP contribution is -2.51. The Balaban J connectivity index is 1.22. The summed E-state index contributed by atoms with van der Waals surface area (Å²) in [6.45, 7) is 2.05. The monoisotopic (exact) mass is 579 g/mol. The van der Waals surface area contributed by atoms with Crippen LogP contribution in [-0.2, 0) is 24.8 Å². The summed E-state index contributed by atoms with van der Waals surface area (Å²) in [4.78, 5) is 12.6. The summed E-state index contributed by atoms with van der Waals surface area (Å²) < 4.78 is 81.7. The molecule has 12 heteroatoms. The largest absolute Gasteiger partial charge is 0.417 e.